The van der Waals surface area contributed by atoms with Crippen LogP contribution in [0.4, 0.5) is 0 Å². The maximum absolute atomic E-state index is 12.7. The maximum Gasteiger partial charge on any atom is 0.287 e. The normalized spacial score (nSPS) is 15.4. The van der Waals surface area contributed by atoms with Crippen LogP contribution in [0.3, 0.4) is 0 Å². The quantitative estimate of drug-likeness (QED) is 0.481. The third-order valence-electron chi connectivity index (χ3n) is 5.58. The molecule has 1 aliphatic carbocycles. The minimum absolute atomic E-state index is 0.127. The summed E-state index contributed by atoms with van der Waals surface area (Å²) in [5.74, 6) is 0.282. The molecule has 150 valence electrons. The van der Waals surface area contributed by atoms with Gasteiger partial charge in [0.15, 0.2) is 5.82 Å². The number of Topliss-reactive ketones (excluding diaryl/α,β-unsaturated/α-hetero) is 1. The second-order valence-electron chi connectivity index (χ2n) is 7.65. The number of carbonyl (C=O) groups excluding carboxylic acids is 2. The number of nitrogens with zero attached hydrogens (tertiary/aromatic N) is 2. The van der Waals surface area contributed by atoms with E-state index in [0.29, 0.717) is 24.8 Å². The summed E-state index contributed by atoms with van der Waals surface area (Å²) in [5.41, 5.74) is 5.29. The third-order valence-corrected chi connectivity index (χ3v) is 5.58. The van der Waals surface area contributed by atoms with Crippen molar-refractivity contribution in [3.8, 4) is 0 Å². The van der Waals surface area contributed by atoms with Crippen LogP contribution in [0.25, 0.3) is 27.5 Å². The number of imidazole rings is 1. The van der Waals surface area contributed by atoms with E-state index in [1.807, 2.05) is 55.5 Å². The molecule has 5 rings (SSSR count). The molecule has 0 aliphatic heterocycles. The van der Waals surface area contributed by atoms with Crippen molar-refractivity contribution in [1.82, 2.24) is 25.5 Å². The Bertz CT molecular complexity index is 1300. The zero-order valence-electron chi connectivity index (χ0n) is 16.5. The van der Waals surface area contributed by atoms with E-state index >= 15 is 0 Å². The summed E-state index contributed by atoms with van der Waals surface area (Å²) in [6, 6.07) is 13.5. The minimum atomic E-state index is -0.252. The molecule has 0 radical (unpaired) electrons. The van der Waals surface area contributed by atoms with E-state index in [9.17, 15) is 9.59 Å². The molecule has 30 heavy (non-hydrogen) atoms. The molecular formula is C23H21N5O2. The Morgan fingerprint density at radius 2 is 1.97 bits per heavy atom. The molecule has 2 aromatic carbocycles. The number of nitrogens with one attached hydrogen (secondary N) is 3. The van der Waals surface area contributed by atoms with Gasteiger partial charge in [0.25, 0.3) is 5.91 Å². The van der Waals surface area contributed by atoms with E-state index in [1.54, 1.807) is 0 Å². The predicted octanol–water partition coefficient (Wildman–Crippen LogP) is 4.07. The first kappa shape index (κ1) is 18.3. The van der Waals surface area contributed by atoms with Crippen LogP contribution < -0.4 is 5.32 Å². The van der Waals surface area contributed by atoms with E-state index in [4.69, 9.17) is 0 Å². The van der Waals surface area contributed by atoms with Crippen LogP contribution >= 0.6 is 0 Å². The Morgan fingerprint density at radius 1 is 1.13 bits per heavy atom. The fourth-order valence-electron chi connectivity index (χ4n) is 3.89. The van der Waals surface area contributed by atoms with Crippen LogP contribution in [0.15, 0.2) is 48.5 Å². The summed E-state index contributed by atoms with van der Waals surface area (Å²) in [6.07, 6.45) is 3.66. The van der Waals surface area contributed by atoms with Gasteiger partial charge in [0, 0.05) is 18.2 Å². The average Bonchev–Trinajstić information content (AvgIpc) is 3.37. The number of carbonyl (C=O) groups is 2. The number of ketones is 1. The Kier molecular flexibility index (Phi) is 4.43. The zero-order chi connectivity index (χ0) is 20.7. The summed E-state index contributed by atoms with van der Waals surface area (Å²) in [5, 5.41) is 11.4. The van der Waals surface area contributed by atoms with Gasteiger partial charge in [0.2, 0.25) is 0 Å². The summed E-state index contributed by atoms with van der Waals surface area (Å²) >= 11 is 0. The number of aromatic amines is 2. The lowest BCUT2D eigenvalue weighted by atomic mass is 9.94. The first-order valence-corrected chi connectivity index (χ1v) is 10.0. The smallest absolute Gasteiger partial charge is 0.287 e. The molecule has 4 aromatic rings. The number of fused-ring (bicyclic) bond motifs is 2. The number of hydrogen-bond donors (Lipinski definition) is 3. The van der Waals surface area contributed by atoms with Gasteiger partial charge in [-0.2, -0.15) is 5.10 Å². The fraction of sp³-hybridized carbons (Fsp3) is 0.217. The Labute approximate surface area is 172 Å². The number of aromatic nitrogens is 4. The van der Waals surface area contributed by atoms with E-state index < -0.39 is 0 Å². The number of amides is 1. The van der Waals surface area contributed by atoms with Crippen molar-refractivity contribution in [2.75, 3.05) is 0 Å². The molecule has 7 heteroatoms. The van der Waals surface area contributed by atoms with Gasteiger partial charge in [0.05, 0.1) is 28.3 Å². The number of H-pyrrole nitrogens is 2. The van der Waals surface area contributed by atoms with Gasteiger partial charge < -0.3 is 10.3 Å². The van der Waals surface area contributed by atoms with Crippen LogP contribution in [0, 0.1) is 0 Å². The van der Waals surface area contributed by atoms with Crippen molar-refractivity contribution in [2.45, 2.75) is 32.2 Å². The van der Waals surface area contributed by atoms with Gasteiger partial charge in [-0.3, -0.25) is 14.7 Å². The van der Waals surface area contributed by atoms with E-state index in [1.165, 1.54) is 0 Å². The van der Waals surface area contributed by atoms with Crippen molar-refractivity contribution < 1.29 is 9.59 Å². The summed E-state index contributed by atoms with van der Waals surface area (Å²) in [6.45, 7) is 1.94. The van der Waals surface area contributed by atoms with Crippen LogP contribution in [-0.2, 0) is 4.79 Å². The lowest BCUT2D eigenvalue weighted by Crippen LogP contribution is -2.27. The van der Waals surface area contributed by atoms with Crippen molar-refractivity contribution in [3.05, 3.63) is 65.6 Å². The molecule has 0 fully saturated rings. The number of hydrogen-bond acceptors (Lipinski definition) is 4. The molecule has 1 atom stereocenters. The Balaban J connectivity index is 1.45. The molecule has 1 aliphatic rings. The van der Waals surface area contributed by atoms with Crippen LogP contribution in [0.2, 0.25) is 0 Å². The third kappa shape index (κ3) is 3.28. The van der Waals surface area contributed by atoms with Gasteiger partial charge in [-0.1, -0.05) is 36.4 Å². The van der Waals surface area contributed by atoms with Crippen molar-refractivity contribution >= 4 is 39.2 Å². The highest BCUT2D eigenvalue weighted by atomic mass is 16.2. The van der Waals surface area contributed by atoms with Crippen LogP contribution in [-0.4, -0.2) is 31.9 Å². The maximum atomic E-state index is 12.7. The SMILES string of the molecule is CC(NC(=O)c1nc2cc3c(C4=CCC(=O)CC4)n[nH]c3cc2[nH]1)c1ccccc1. The van der Waals surface area contributed by atoms with Crippen LogP contribution in [0.1, 0.15) is 54.1 Å². The molecule has 2 aromatic heterocycles. The minimum Gasteiger partial charge on any atom is -0.343 e. The van der Waals surface area contributed by atoms with E-state index in [2.05, 4.69) is 25.5 Å². The monoisotopic (exact) mass is 399 g/mol. The van der Waals surface area contributed by atoms with Crippen LogP contribution in [0.5, 0.6) is 0 Å². The molecule has 7 nitrogen and oxygen atoms in total. The standard InChI is InChI=1S/C23H21N5O2/c1-13(14-5-3-2-4-6-14)24-23(30)22-25-19-11-17-18(12-20(19)26-22)27-28-21(17)15-7-9-16(29)10-8-15/h2-7,11-13H,8-10H2,1H3,(H,24,30)(H,25,26)(H,27,28). The summed E-state index contributed by atoms with van der Waals surface area (Å²) < 4.78 is 0. The molecule has 0 bridgehead atoms. The second kappa shape index (κ2) is 7.26. The summed E-state index contributed by atoms with van der Waals surface area (Å²) in [7, 11) is 0. The highest BCUT2D eigenvalue weighted by molar-refractivity contribution is 6.02. The molecule has 3 N–H and O–H groups in total. The van der Waals surface area contributed by atoms with Gasteiger partial charge in [-0.05, 0) is 36.6 Å². The van der Waals surface area contributed by atoms with Gasteiger partial charge in [-0.15, -0.1) is 0 Å². The second-order valence-corrected chi connectivity index (χ2v) is 7.65. The largest absolute Gasteiger partial charge is 0.343 e. The number of allylic oxidation sites excluding steroid dienone is 2. The van der Waals surface area contributed by atoms with Gasteiger partial charge in [0.1, 0.15) is 5.78 Å². The topological polar surface area (TPSA) is 104 Å². The predicted molar refractivity (Wildman–Crippen MR) is 115 cm³/mol. The molecule has 1 amide bonds. The number of benzene rings is 2. The van der Waals surface area contributed by atoms with Gasteiger partial charge in [-0.25, -0.2) is 4.98 Å². The highest BCUT2D eigenvalue weighted by Crippen LogP contribution is 2.31. The lowest BCUT2D eigenvalue weighted by Gasteiger charge is -2.12. The molecule has 1 unspecified atom stereocenters. The highest BCUT2D eigenvalue weighted by Gasteiger charge is 2.19. The van der Waals surface area contributed by atoms with E-state index in [-0.39, 0.29) is 23.6 Å². The zero-order valence-corrected chi connectivity index (χ0v) is 16.5. The first-order chi connectivity index (χ1) is 14.6. The Hall–Kier alpha value is -3.74. The molecular weight excluding hydrogens is 378 g/mol. The molecule has 0 saturated carbocycles. The summed E-state index contributed by atoms with van der Waals surface area (Å²) in [4.78, 5) is 31.8. The fourth-order valence-corrected chi connectivity index (χ4v) is 3.89. The number of rotatable bonds is 4. The Morgan fingerprint density at radius 3 is 2.73 bits per heavy atom. The van der Waals surface area contributed by atoms with Crippen molar-refractivity contribution in [3.63, 3.8) is 0 Å². The van der Waals surface area contributed by atoms with Gasteiger partial charge >= 0.3 is 0 Å². The van der Waals surface area contributed by atoms with Crippen molar-refractivity contribution in [2.24, 2.45) is 0 Å². The average molecular weight is 399 g/mol. The molecule has 0 spiro atoms. The lowest BCUT2D eigenvalue weighted by molar-refractivity contribution is -0.118. The first-order valence-electron chi connectivity index (χ1n) is 10.0. The molecule has 0 saturated heterocycles. The molecule has 2 heterocycles. The van der Waals surface area contributed by atoms with Crippen molar-refractivity contribution in [1.29, 1.82) is 0 Å². The van der Waals surface area contributed by atoms with E-state index in [0.717, 1.165) is 33.3 Å².